The number of hydrogen-bond acceptors (Lipinski definition) is 2. The third-order valence-electron chi connectivity index (χ3n) is 1.74. The third-order valence-corrected chi connectivity index (χ3v) is 2.03. The van der Waals surface area contributed by atoms with Gasteiger partial charge in [-0.05, 0) is 24.1 Å². The van der Waals surface area contributed by atoms with Gasteiger partial charge in [0.15, 0.2) is 0 Å². The van der Waals surface area contributed by atoms with Crippen molar-refractivity contribution in [1.82, 2.24) is 0 Å². The second kappa shape index (κ2) is 5.52. The zero-order valence-electron chi connectivity index (χ0n) is 7.71. The monoisotopic (exact) mass is 231 g/mol. The van der Waals surface area contributed by atoms with E-state index in [1.54, 1.807) is 6.07 Å². The SMILES string of the molecule is N#CCCc1ccc(OC(F)F)c(Cl)c1. The van der Waals surface area contributed by atoms with Crippen LogP contribution < -0.4 is 4.74 Å². The molecule has 0 fully saturated rings. The van der Waals surface area contributed by atoms with E-state index >= 15 is 0 Å². The maximum Gasteiger partial charge on any atom is 0.387 e. The van der Waals surface area contributed by atoms with Crippen molar-refractivity contribution in [2.45, 2.75) is 19.5 Å². The van der Waals surface area contributed by atoms with Gasteiger partial charge in [0, 0.05) is 6.42 Å². The molecule has 0 radical (unpaired) electrons. The molecule has 0 atom stereocenters. The summed E-state index contributed by atoms with van der Waals surface area (Å²) in [5.41, 5.74) is 0.822. The fourth-order valence-corrected chi connectivity index (χ4v) is 1.34. The Morgan fingerprint density at radius 1 is 1.47 bits per heavy atom. The van der Waals surface area contributed by atoms with E-state index in [2.05, 4.69) is 4.74 Å². The maximum atomic E-state index is 11.9. The van der Waals surface area contributed by atoms with Crippen molar-refractivity contribution in [3.8, 4) is 11.8 Å². The molecule has 0 aromatic heterocycles. The van der Waals surface area contributed by atoms with Gasteiger partial charge in [0.2, 0.25) is 0 Å². The molecular weight excluding hydrogens is 224 g/mol. The van der Waals surface area contributed by atoms with Crippen molar-refractivity contribution in [3.63, 3.8) is 0 Å². The second-order valence-electron chi connectivity index (χ2n) is 2.80. The number of alkyl halides is 2. The number of halogens is 3. The largest absolute Gasteiger partial charge is 0.433 e. The Hall–Kier alpha value is -1.34. The highest BCUT2D eigenvalue weighted by molar-refractivity contribution is 6.32. The summed E-state index contributed by atoms with van der Waals surface area (Å²) in [5, 5.41) is 8.49. The standard InChI is InChI=1S/C10H8ClF2NO/c11-8-6-7(2-1-5-14)3-4-9(8)15-10(12)13/h3-4,6,10H,1-2H2. The van der Waals surface area contributed by atoms with Gasteiger partial charge in [0.25, 0.3) is 0 Å². The molecule has 0 saturated heterocycles. The van der Waals surface area contributed by atoms with E-state index < -0.39 is 6.61 Å². The van der Waals surface area contributed by atoms with Gasteiger partial charge in [-0.2, -0.15) is 14.0 Å². The van der Waals surface area contributed by atoms with E-state index in [-0.39, 0.29) is 10.8 Å². The van der Waals surface area contributed by atoms with Gasteiger partial charge in [-0.15, -0.1) is 0 Å². The molecule has 1 rings (SSSR count). The van der Waals surface area contributed by atoms with Crippen LogP contribution in [0.4, 0.5) is 8.78 Å². The average Bonchev–Trinajstić information content (AvgIpc) is 2.18. The van der Waals surface area contributed by atoms with Crippen molar-refractivity contribution in [2.24, 2.45) is 0 Å². The minimum absolute atomic E-state index is 0.0487. The quantitative estimate of drug-likeness (QED) is 0.796. The Kier molecular flexibility index (Phi) is 4.32. The lowest BCUT2D eigenvalue weighted by atomic mass is 10.1. The normalized spacial score (nSPS) is 10.1. The molecule has 2 nitrogen and oxygen atoms in total. The second-order valence-corrected chi connectivity index (χ2v) is 3.21. The first-order valence-electron chi connectivity index (χ1n) is 4.23. The predicted molar refractivity (Wildman–Crippen MR) is 52.0 cm³/mol. The highest BCUT2D eigenvalue weighted by Crippen LogP contribution is 2.27. The van der Waals surface area contributed by atoms with Crippen LogP contribution in [0.25, 0.3) is 0 Å². The van der Waals surface area contributed by atoms with Gasteiger partial charge in [0.1, 0.15) is 5.75 Å². The van der Waals surface area contributed by atoms with Crippen molar-refractivity contribution in [1.29, 1.82) is 5.26 Å². The lowest BCUT2D eigenvalue weighted by Crippen LogP contribution is -2.02. The van der Waals surface area contributed by atoms with Gasteiger partial charge in [-0.3, -0.25) is 0 Å². The van der Waals surface area contributed by atoms with Gasteiger partial charge < -0.3 is 4.74 Å². The summed E-state index contributed by atoms with van der Waals surface area (Å²) >= 11 is 5.71. The first kappa shape index (κ1) is 11.7. The maximum absolute atomic E-state index is 11.9. The summed E-state index contributed by atoms with van der Waals surface area (Å²) in [6.07, 6.45) is 0.913. The topological polar surface area (TPSA) is 33.0 Å². The minimum Gasteiger partial charge on any atom is -0.433 e. The Labute approximate surface area is 91.0 Å². The number of hydrogen-bond donors (Lipinski definition) is 0. The molecule has 15 heavy (non-hydrogen) atoms. The molecule has 0 bridgehead atoms. The van der Waals surface area contributed by atoms with Crippen molar-refractivity contribution >= 4 is 11.6 Å². The molecule has 1 aromatic rings. The molecule has 0 saturated carbocycles. The van der Waals surface area contributed by atoms with E-state index in [0.717, 1.165) is 5.56 Å². The summed E-state index contributed by atoms with van der Waals surface area (Å²) in [7, 11) is 0. The Morgan fingerprint density at radius 2 is 2.20 bits per heavy atom. The number of benzene rings is 1. The molecule has 0 aliphatic heterocycles. The molecule has 1 aromatic carbocycles. The van der Waals surface area contributed by atoms with Crippen molar-refractivity contribution in [2.75, 3.05) is 0 Å². The predicted octanol–water partition coefficient (Wildman–Crippen LogP) is 3.40. The van der Waals surface area contributed by atoms with Crippen LogP contribution in [-0.2, 0) is 6.42 Å². The Morgan fingerprint density at radius 3 is 2.73 bits per heavy atom. The lowest BCUT2D eigenvalue weighted by Gasteiger charge is -2.07. The van der Waals surface area contributed by atoms with Crippen LogP contribution in [0, 0.1) is 11.3 Å². The van der Waals surface area contributed by atoms with Crippen LogP contribution in [0.2, 0.25) is 5.02 Å². The molecule has 0 spiro atoms. The third kappa shape index (κ3) is 3.72. The summed E-state index contributed by atoms with van der Waals surface area (Å²) in [6.45, 7) is -2.88. The summed E-state index contributed by atoms with van der Waals surface area (Å²) in [6, 6.07) is 6.50. The first-order valence-corrected chi connectivity index (χ1v) is 4.61. The summed E-state index contributed by atoms with van der Waals surface area (Å²) < 4.78 is 27.9. The number of aryl methyl sites for hydroxylation is 1. The molecule has 0 aliphatic carbocycles. The fourth-order valence-electron chi connectivity index (χ4n) is 1.09. The summed E-state index contributed by atoms with van der Waals surface area (Å²) in [4.78, 5) is 0. The number of nitriles is 1. The zero-order chi connectivity index (χ0) is 11.3. The smallest absolute Gasteiger partial charge is 0.387 e. The van der Waals surface area contributed by atoms with Crippen molar-refractivity contribution in [3.05, 3.63) is 28.8 Å². The van der Waals surface area contributed by atoms with Crippen LogP contribution in [0.3, 0.4) is 0 Å². The number of rotatable bonds is 4. The fraction of sp³-hybridized carbons (Fsp3) is 0.300. The first-order chi connectivity index (χ1) is 7.13. The van der Waals surface area contributed by atoms with Crippen LogP contribution in [0.5, 0.6) is 5.75 Å². The summed E-state index contributed by atoms with van der Waals surface area (Å²) in [5.74, 6) is -0.0487. The minimum atomic E-state index is -2.88. The molecule has 0 N–H and O–H groups in total. The Bertz CT molecular complexity index is 376. The molecule has 0 aliphatic rings. The lowest BCUT2D eigenvalue weighted by molar-refractivity contribution is -0.0497. The van der Waals surface area contributed by atoms with Crippen LogP contribution in [0.1, 0.15) is 12.0 Å². The molecule has 0 unspecified atom stereocenters. The van der Waals surface area contributed by atoms with Crippen LogP contribution in [-0.4, -0.2) is 6.61 Å². The van der Waals surface area contributed by atoms with E-state index in [4.69, 9.17) is 16.9 Å². The van der Waals surface area contributed by atoms with Gasteiger partial charge in [0.05, 0.1) is 11.1 Å². The Balaban J connectivity index is 2.75. The highest BCUT2D eigenvalue weighted by atomic mass is 35.5. The number of ether oxygens (including phenoxy) is 1. The van der Waals surface area contributed by atoms with E-state index in [1.165, 1.54) is 12.1 Å². The van der Waals surface area contributed by atoms with Gasteiger partial charge in [-0.25, -0.2) is 0 Å². The van der Waals surface area contributed by atoms with Crippen molar-refractivity contribution < 1.29 is 13.5 Å². The van der Waals surface area contributed by atoms with Crippen LogP contribution >= 0.6 is 11.6 Å². The zero-order valence-corrected chi connectivity index (χ0v) is 8.47. The molecule has 80 valence electrons. The molecule has 0 heterocycles. The van der Waals surface area contributed by atoms with Gasteiger partial charge >= 0.3 is 6.61 Å². The molecule has 0 amide bonds. The van der Waals surface area contributed by atoms with Gasteiger partial charge in [-0.1, -0.05) is 17.7 Å². The van der Waals surface area contributed by atoms with E-state index in [9.17, 15) is 8.78 Å². The van der Waals surface area contributed by atoms with E-state index in [1.807, 2.05) is 6.07 Å². The molecular formula is C10H8ClF2NO. The van der Waals surface area contributed by atoms with Crippen LogP contribution in [0.15, 0.2) is 18.2 Å². The molecule has 5 heteroatoms. The van der Waals surface area contributed by atoms with E-state index in [0.29, 0.717) is 12.8 Å². The highest BCUT2D eigenvalue weighted by Gasteiger charge is 2.08. The number of nitrogens with zero attached hydrogens (tertiary/aromatic N) is 1. The average molecular weight is 232 g/mol.